The van der Waals surface area contributed by atoms with Gasteiger partial charge in [-0.2, -0.15) is 0 Å². The van der Waals surface area contributed by atoms with Crippen molar-refractivity contribution in [2.24, 2.45) is 0 Å². The second-order valence-electron chi connectivity index (χ2n) is 8.94. The summed E-state index contributed by atoms with van der Waals surface area (Å²) in [6.45, 7) is 6.66. The van der Waals surface area contributed by atoms with E-state index in [0.717, 1.165) is 17.7 Å². The van der Waals surface area contributed by atoms with Crippen molar-refractivity contribution in [3.8, 4) is 0 Å². The van der Waals surface area contributed by atoms with E-state index in [0.29, 0.717) is 12.8 Å². The van der Waals surface area contributed by atoms with E-state index in [1.807, 2.05) is 0 Å². The van der Waals surface area contributed by atoms with Crippen molar-refractivity contribution in [1.29, 1.82) is 0 Å². The lowest BCUT2D eigenvalue weighted by Gasteiger charge is -2.23. The van der Waals surface area contributed by atoms with Crippen molar-refractivity contribution in [3.63, 3.8) is 0 Å². The number of sulfonamides is 1. The summed E-state index contributed by atoms with van der Waals surface area (Å²) in [7, 11) is -3.77. The number of hydrogen-bond donors (Lipinski definition) is 3. The van der Waals surface area contributed by atoms with E-state index < -0.39 is 39.1 Å². The zero-order valence-corrected chi connectivity index (χ0v) is 18.4. The number of benzene rings is 1. The summed E-state index contributed by atoms with van der Waals surface area (Å²) in [5.41, 5.74) is -1.30. The predicted molar refractivity (Wildman–Crippen MR) is 111 cm³/mol. The minimum Gasteiger partial charge on any atom is -0.324 e. The van der Waals surface area contributed by atoms with Crippen LogP contribution in [0, 0.1) is 0 Å². The van der Waals surface area contributed by atoms with Gasteiger partial charge >= 0.3 is 6.03 Å². The van der Waals surface area contributed by atoms with E-state index in [4.69, 9.17) is 0 Å². The smallest absolute Gasteiger partial charge is 0.324 e. The summed E-state index contributed by atoms with van der Waals surface area (Å²) in [6.07, 6.45) is 2.85. The Morgan fingerprint density at radius 2 is 1.83 bits per heavy atom. The molecule has 1 unspecified atom stereocenters. The lowest BCUT2D eigenvalue weighted by atomic mass is 9.97. The van der Waals surface area contributed by atoms with E-state index in [1.165, 1.54) is 25.1 Å². The predicted octanol–water partition coefficient (Wildman–Crippen LogP) is 1.95. The van der Waals surface area contributed by atoms with Crippen LogP contribution in [0.3, 0.4) is 0 Å². The third-order valence-electron chi connectivity index (χ3n) is 5.27. The second-order valence-corrected chi connectivity index (χ2v) is 10.6. The first-order valence-electron chi connectivity index (χ1n) is 9.95. The van der Waals surface area contributed by atoms with Crippen molar-refractivity contribution in [2.45, 2.75) is 75.4 Å². The Kier molecular flexibility index (Phi) is 5.68. The molecule has 164 valence electrons. The van der Waals surface area contributed by atoms with Gasteiger partial charge < -0.3 is 10.6 Å². The number of nitrogens with zero attached hydrogens (tertiary/aromatic N) is 1. The Morgan fingerprint density at radius 1 is 1.20 bits per heavy atom. The van der Waals surface area contributed by atoms with E-state index in [1.54, 1.807) is 26.8 Å². The van der Waals surface area contributed by atoms with E-state index in [9.17, 15) is 22.8 Å². The van der Waals surface area contributed by atoms with Gasteiger partial charge in [0, 0.05) is 11.2 Å². The van der Waals surface area contributed by atoms with Gasteiger partial charge in [-0.05, 0) is 58.7 Å². The van der Waals surface area contributed by atoms with Crippen LogP contribution in [0.15, 0.2) is 29.2 Å². The molecule has 1 saturated carbocycles. The lowest BCUT2D eigenvalue weighted by molar-refractivity contribution is -0.136. The number of anilines is 1. The number of carbonyl (C=O) groups is 3. The highest BCUT2D eigenvalue weighted by Gasteiger charge is 2.54. The van der Waals surface area contributed by atoms with Gasteiger partial charge in [-0.1, -0.05) is 18.9 Å². The van der Waals surface area contributed by atoms with Gasteiger partial charge in [-0.15, -0.1) is 0 Å². The van der Waals surface area contributed by atoms with Gasteiger partial charge in [0.1, 0.15) is 11.6 Å². The largest absolute Gasteiger partial charge is 0.325 e. The average Bonchev–Trinajstić information content (AvgIpc) is 3.18. The molecule has 1 saturated heterocycles. The average molecular weight is 437 g/mol. The lowest BCUT2D eigenvalue weighted by Crippen LogP contribution is -2.48. The summed E-state index contributed by atoms with van der Waals surface area (Å²) >= 11 is 0. The van der Waals surface area contributed by atoms with Gasteiger partial charge in [0.25, 0.3) is 5.91 Å². The van der Waals surface area contributed by atoms with Crippen molar-refractivity contribution in [1.82, 2.24) is 14.9 Å². The zero-order valence-electron chi connectivity index (χ0n) is 17.6. The molecule has 2 fully saturated rings. The van der Waals surface area contributed by atoms with Gasteiger partial charge in [0.05, 0.1) is 4.90 Å². The van der Waals surface area contributed by atoms with Crippen LogP contribution in [-0.2, 0) is 19.6 Å². The minimum atomic E-state index is -3.77. The summed E-state index contributed by atoms with van der Waals surface area (Å²) in [4.78, 5) is 38.9. The first-order chi connectivity index (χ1) is 13.8. The van der Waals surface area contributed by atoms with Crippen molar-refractivity contribution in [2.75, 3.05) is 5.32 Å². The third kappa shape index (κ3) is 4.34. The molecule has 1 aromatic rings. The van der Waals surface area contributed by atoms with E-state index >= 15 is 0 Å². The highest BCUT2D eigenvalue weighted by molar-refractivity contribution is 7.89. The molecule has 3 rings (SSSR count). The number of nitrogens with one attached hydrogen (secondary N) is 3. The normalized spacial score (nSPS) is 19.8. The molecule has 0 bridgehead atoms. The van der Waals surface area contributed by atoms with Gasteiger partial charge in [0.15, 0.2) is 0 Å². The number of carbonyl (C=O) groups excluding carboxylic acids is 3. The molecule has 9 nitrogen and oxygen atoms in total. The highest BCUT2D eigenvalue weighted by atomic mass is 32.2. The van der Waals surface area contributed by atoms with Crippen LogP contribution in [0.2, 0.25) is 0 Å². The molecule has 1 spiro atoms. The molecule has 1 heterocycles. The second kappa shape index (κ2) is 7.66. The number of amides is 4. The molecule has 30 heavy (non-hydrogen) atoms. The minimum absolute atomic E-state index is 0.00257. The SMILES string of the molecule is CC(C(=O)Nc1cccc(S(=O)(=O)NC(C)(C)C)c1)N1C(=O)NC2(CCCC2)C1=O. The maximum absolute atomic E-state index is 12.8. The van der Waals surface area contributed by atoms with Crippen LogP contribution in [0.1, 0.15) is 53.4 Å². The van der Waals surface area contributed by atoms with Crippen LogP contribution in [-0.4, -0.2) is 48.3 Å². The Balaban J connectivity index is 1.75. The highest BCUT2D eigenvalue weighted by Crippen LogP contribution is 2.35. The summed E-state index contributed by atoms with van der Waals surface area (Å²) < 4.78 is 27.6. The topological polar surface area (TPSA) is 125 Å². The molecule has 0 aromatic heterocycles. The van der Waals surface area contributed by atoms with E-state index in [-0.39, 0.29) is 16.5 Å². The quantitative estimate of drug-likeness (QED) is 0.609. The van der Waals surface area contributed by atoms with Gasteiger partial charge in [-0.3, -0.25) is 9.59 Å². The number of urea groups is 1. The fraction of sp³-hybridized carbons (Fsp3) is 0.550. The molecule has 4 amide bonds. The Labute approximate surface area is 176 Å². The Bertz CT molecular complexity index is 977. The Hall–Kier alpha value is -2.46. The molecule has 2 aliphatic rings. The van der Waals surface area contributed by atoms with Crippen LogP contribution >= 0.6 is 0 Å². The number of rotatable bonds is 5. The summed E-state index contributed by atoms with van der Waals surface area (Å²) in [6, 6.07) is 4.21. The number of imide groups is 1. The van der Waals surface area contributed by atoms with Crippen LogP contribution in [0.5, 0.6) is 0 Å². The first kappa shape index (κ1) is 22.2. The van der Waals surface area contributed by atoms with Crippen molar-refractivity contribution >= 4 is 33.6 Å². The molecule has 1 atom stereocenters. The maximum Gasteiger partial charge on any atom is 0.325 e. The molecular formula is C20H28N4O5S. The van der Waals surface area contributed by atoms with Gasteiger partial charge in [-0.25, -0.2) is 22.8 Å². The molecule has 3 N–H and O–H groups in total. The molecule has 10 heteroatoms. The van der Waals surface area contributed by atoms with Gasteiger partial charge in [0.2, 0.25) is 15.9 Å². The van der Waals surface area contributed by atoms with Crippen molar-refractivity contribution in [3.05, 3.63) is 24.3 Å². The van der Waals surface area contributed by atoms with Crippen molar-refractivity contribution < 1.29 is 22.8 Å². The molecule has 1 aromatic carbocycles. The maximum atomic E-state index is 12.8. The van der Waals surface area contributed by atoms with Crippen LogP contribution in [0.4, 0.5) is 10.5 Å². The summed E-state index contributed by atoms with van der Waals surface area (Å²) in [5, 5.41) is 5.36. The zero-order chi connectivity index (χ0) is 22.3. The fourth-order valence-electron chi connectivity index (χ4n) is 3.88. The number of hydrogen-bond acceptors (Lipinski definition) is 5. The molecular weight excluding hydrogens is 408 g/mol. The van der Waals surface area contributed by atoms with E-state index in [2.05, 4.69) is 15.4 Å². The Morgan fingerprint density at radius 3 is 2.43 bits per heavy atom. The van der Waals surface area contributed by atoms with Crippen LogP contribution in [0.25, 0.3) is 0 Å². The molecule has 1 aliphatic carbocycles. The fourth-order valence-corrected chi connectivity index (χ4v) is 5.34. The third-order valence-corrected chi connectivity index (χ3v) is 7.03. The first-order valence-corrected chi connectivity index (χ1v) is 11.4. The standard InChI is InChI=1S/C20H28N4O5S/c1-13(24-17(26)20(22-18(24)27)10-5-6-11-20)16(25)21-14-8-7-9-15(12-14)30(28,29)23-19(2,3)4/h7-9,12-13,23H,5-6,10-11H2,1-4H3,(H,21,25)(H,22,27). The monoisotopic (exact) mass is 436 g/mol. The van der Waals surface area contributed by atoms with Crippen LogP contribution < -0.4 is 15.4 Å². The summed E-state index contributed by atoms with van der Waals surface area (Å²) in [5.74, 6) is -0.953. The molecule has 1 aliphatic heterocycles. The molecule has 0 radical (unpaired) electrons.